The van der Waals surface area contributed by atoms with Crippen molar-refractivity contribution >= 4 is 70.6 Å². The number of nitrogens with two attached hydrogens (primary N) is 1. The van der Waals surface area contributed by atoms with Crippen molar-refractivity contribution in [1.29, 1.82) is 0 Å². The highest BCUT2D eigenvalue weighted by Crippen LogP contribution is 2.44. The zero-order valence-corrected chi connectivity index (χ0v) is 36.2. The van der Waals surface area contributed by atoms with Crippen LogP contribution in [0.25, 0.3) is 16.7 Å². The van der Waals surface area contributed by atoms with E-state index in [9.17, 15) is 4.79 Å². The number of carbonyl (C=O) groups excluding carboxylic acids is 1. The van der Waals surface area contributed by atoms with Gasteiger partial charge in [-0.3, -0.25) is 0 Å². The van der Waals surface area contributed by atoms with Crippen molar-refractivity contribution in [2.24, 2.45) is 5.73 Å². The Morgan fingerprint density at radius 3 is 1.55 bits per heavy atom. The van der Waals surface area contributed by atoms with Gasteiger partial charge in [-0.05, 0) is 208 Å². The molecule has 3 atom stereocenters. The number of ether oxygens (including phenoxy) is 1. The molecule has 53 heavy (non-hydrogen) atoms. The second kappa shape index (κ2) is 16.3. The van der Waals surface area contributed by atoms with Crippen LogP contribution in [0.4, 0.5) is 4.79 Å². The number of fused-ring (bicyclic) bond motifs is 6. The Morgan fingerprint density at radius 2 is 1.08 bits per heavy atom. The van der Waals surface area contributed by atoms with Crippen LogP contribution < -0.4 is 16.4 Å². The summed E-state index contributed by atoms with van der Waals surface area (Å²) in [6.45, 7) is 5.67. The maximum Gasteiger partial charge on any atom is 0.408 e. The zero-order chi connectivity index (χ0) is 37.4. The lowest BCUT2D eigenvalue weighted by atomic mass is 9.88. The first-order valence-electron chi connectivity index (χ1n) is 19.3. The third-order valence-corrected chi connectivity index (χ3v) is 13.1. The molecule has 5 nitrogen and oxygen atoms in total. The Bertz CT molecular complexity index is 2010. The number of nitrogens with one attached hydrogen (secondary N) is 2. The number of alkyl carbamates (subject to hydrolysis) is 1. The SMILES string of the molecule is CC(C)(C)OC(=O)NC1CCCC2=C1Cc1ccc(Br)cc12.CNC1CCCC2=C1Cc1ccc(Br)cc12.NC1CCCC2=C1Cc1ccc(Br)cc12. The number of likely N-dealkylation sites (N-methyl/N-ethyl adjacent to an activating group) is 1. The monoisotopic (exact) mass is 903 g/mol. The highest BCUT2D eigenvalue weighted by atomic mass is 79.9. The van der Waals surface area contributed by atoms with Gasteiger partial charge in [0.1, 0.15) is 5.60 Å². The van der Waals surface area contributed by atoms with Gasteiger partial charge in [0.2, 0.25) is 0 Å². The van der Waals surface area contributed by atoms with E-state index in [0.29, 0.717) is 12.1 Å². The lowest BCUT2D eigenvalue weighted by molar-refractivity contribution is 0.0508. The first kappa shape index (κ1) is 38.8. The lowest BCUT2D eigenvalue weighted by Gasteiger charge is -2.28. The molecule has 0 heterocycles. The predicted molar refractivity (Wildman–Crippen MR) is 230 cm³/mol. The molecule has 4 N–H and O–H groups in total. The van der Waals surface area contributed by atoms with Crippen LogP contribution >= 0.6 is 47.8 Å². The number of benzene rings is 3. The largest absolute Gasteiger partial charge is 0.444 e. The molecule has 0 fully saturated rings. The maximum atomic E-state index is 12.1. The number of rotatable bonds is 2. The fourth-order valence-corrected chi connectivity index (χ4v) is 10.3. The summed E-state index contributed by atoms with van der Waals surface area (Å²) in [6, 6.07) is 20.8. The van der Waals surface area contributed by atoms with Crippen molar-refractivity contribution in [1.82, 2.24) is 10.6 Å². The van der Waals surface area contributed by atoms with Crippen LogP contribution in [0.3, 0.4) is 0 Å². The lowest BCUT2D eigenvalue weighted by Crippen LogP contribution is -2.41. The van der Waals surface area contributed by atoms with Crippen molar-refractivity contribution in [3.63, 3.8) is 0 Å². The summed E-state index contributed by atoms with van der Waals surface area (Å²) in [6.07, 6.45) is 13.6. The van der Waals surface area contributed by atoms with Crippen molar-refractivity contribution in [2.45, 2.75) is 122 Å². The van der Waals surface area contributed by atoms with Crippen LogP contribution in [0, 0.1) is 0 Å². The Morgan fingerprint density at radius 1 is 0.660 bits per heavy atom. The molecule has 0 bridgehead atoms. The first-order chi connectivity index (χ1) is 25.4. The minimum atomic E-state index is -0.459. The molecule has 280 valence electrons. The second-order valence-corrected chi connectivity index (χ2v) is 19.0. The van der Waals surface area contributed by atoms with Crippen molar-refractivity contribution in [3.05, 3.63) is 118 Å². The Hall–Kier alpha value is -2.49. The normalized spacial score (nSPS) is 22.3. The van der Waals surface area contributed by atoms with Crippen LogP contribution in [-0.2, 0) is 24.0 Å². The molecule has 0 spiro atoms. The average Bonchev–Trinajstić information content (AvgIpc) is 3.80. The van der Waals surface area contributed by atoms with Crippen LogP contribution in [0.15, 0.2) is 84.7 Å². The summed E-state index contributed by atoms with van der Waals surface area (Å²) in [5, 5.41) is 6.52. The number of amides is 1. The summed E-state index contributed by atoms with van der Waals surface area (Å²) in [7, 11) is 2.08. The van der Waals surface area contributed by atoms with E-state index in [1.807, 2.05) is 20.8 Å². The fourth-order valence-electron chi connectivity index (χ4n) is 9.23. The van der Waals surface area contributed by atoms with Crippen LogP contribution in [-0.4, -0.2) is 36.9 Å². The Kier molecular flexibility index (Phi) is 11.9. The van der Waals surface area contributed by atoms with Gasteiger partial charge < -0.3 is 21.1 Å². The minimum Gasteiger partial charge on any atom is -0.444 e. The quantitative estimate of drug-likeness (QED) is 0.239. The van der Waals surface area contributed by atoms with Gasteiger partial charge >= 0.3 is 6.09 Å². The summed E-state index contributed by atoms with van der Waals surface area (Å²) < 4.78 is 8.89. The van der Waals surface area contributed by atoms with Crippen LogP contribution in [0.2, 0.25) is 0 Å². The molecule has 1 amide bonds. The maximum absolute atomic E-state index is 12.1. The van der Waals surface area contributed by atoms with Crippen molar-refractivity contribution in [2.75, 3.05) is 7.05 Å². The number of hydrogen-bond acceptors (Lipinski definition) is 4. The highest BCUT2D eigenvalue weighted by Gasteiger charge is 2.33. The molecule has 8 heteroatoms. The van der Waals surface area contributed by atoms with E-state index in [1.165, 1.54) is 96.7 Å². The first-order valence-corrected chi connectivity index (χ1v) is 21.7. The third-order valence-electron chi connectivity index (χ3n) is 11.6. The number of halogens is 3. The van der Waals surface area contributed by atoms with Gasteiger partial charge in [0.25, 0.3) is 0 Å². The van der Waals surface area contributed by atoms with Crippen molar-refractivity contribution < 1.29 is 9.53 Å². The smallest absolute Gasteiger partial charge is 0.408 e. The summed E-state index contributed by atoms with van der Waals surface area (Å²) >= 11 is 10.7. The molecule has 0 aromatic heterocycles. The van der Waals surface area contributed by atoms with E-state index in [4.69, 9.17) is 10.5 Å². The van der Waals surface area contributed by atoms with Crippen LogP contribution in [0.1, 0.15) is 112 Å². The van der Waals surface area contributed by atoms with Crippen molar-refractivity contribution in [3.8, 4) is 0 Å². The summed E-state index contributed by atoms with van der Waals surface area (Å²) in [5.74, 6) is 0. The molecule has 0 saturated heterocycles. The summed E-state index contributed by atoms with van der Waals surface area (Å²) in [5.41, 5.74) is 23.4. The molecule has 0 aliphatic heterocycles. The van der Waals surface area contributed by atoms with Gasteiger partial charge in [-0.25, -0.2) is 4.79 Å². The molecule has 3 aromatic rings. The molecule has 6 aliphatic rings. The molecule has 3 aromatic carbocycles. The third kappa shape index (κ3) is 8.67. The molecule has 9 rings (SSSR count). The van der Waals surface area contributed by atoms with E-state index in [-0.39, 0.29) is 12.1 Å². The Labute approximate surface area is 341 Å². The summed E-state index contributed by atoms with van der Waals surface area (Å²) in [4.78, 5) is 12.1. The molecule has 0 radical (unpaired) electrons. The number of hydrogen-bond donors (Lipinski definition) is 3. The molecule has 6 aliphatic carbocycles. The van der Waals surface area contributed by atoms with E-state index in [0.717, 1.165) is 49.4 Å². The van der Waals surface area contributed by atoms with Gasteiger partial charge in [0.15, 0.2) is 0 Å². The number of allylic oxidation sites excluding steroid dienone is 3. The van der Waals surface area contributed by atoms with Gasteiger partial charge in [0, 0.05) is 25.5 Å². The van der Waals surface area contributed by atoms with Gasteiger partial charge in [0.05, 0.1) is 6.04 Å². The standard InChI is InChI=1S/C18H22BrNO2.C14H16BrN.C13H14BrN/c1-18(2,3)22-17(21)20-16-6-4-5-13-14-10-12(19)8-7-11(14)9-15(13)16;1-16-14-4-2-3-11-12-8-10(15)6-5-9(12)7-13(11)14;14-9-5-4-8-6-12-10(11(8)7-9)2-1-3-13(12)15/h7-8,10,16H,4-6,9H2,1-3H3,(H,20,21);5-6,8,14,16H,2-4,7H2,1H3;4-5,7,13H,1-3,6,15H2. The predicted octanol–water partition coefficient (Wildman–Crippen LogP) is 11.6. The molecule has 0 saturated carbocycles. The topological polar surface area (TPSA) is 76.4 Å². The molecular formula is C45H52Br3N3O2. The van der Waals surface area contributed by atoms with E-state index >= 15 is 0 Å². The van der Waals surface area contributed by atoms with Gasteiger partial charge in [-0.2, -0.15) is 0 Å². The second-order valence-electron chi connectivity index (χ2n) is 16.3. The Balaban J connectivity index is 0.000000126. The van der Waals surface area contributed by atoms with Crippen LogP contribution in [0.5, 0.6) is 0 Å². The zero-order valence-electron chi connectivity index (χ0n) is 31.4. The fraction of sp³-hybridized carbons (Fsp3) is 0.444. The number of carbonyl (C=O) groups is 1. The molecule has 3 unspecified atom stereocenters. The van der Waals surface area contributed by atoms with Gasteiger partial charge in [-0.1, -0.05) is 66.0 Å². The van der Waals surface area contributed by atoms with E-state index < -0.39 is 5.60 Å². The van der Waals surface area contributed by atoms with Gasteiger partial charge in [-0.15, -0.1) is 0 Å². The highest BCUT2D eigenvalue weighted by molar-refractivity contribution is 9.11. The average molecular weight is 907 g/mol. The van der Waals surface area contributed by atoms with E-state index in [2.05, 4.69) is 120 Å². The minimum absolute atomic E-state index is 0.102. The molecular weight excluding hydrogens is 854 g/mol. The van der Waals surface area contributed by atoms with E-state index in [1.54, 1.807) is 11.1 Å².